The molecular weight excluding hydrogens is 365 g/mol. The predicted octanol–water partition coefficient (Wildman–Crippen LogP) is 4.70. The van der Waals surface area contributed by atoms with Gasteiger partial charge >= 0.3 is 6.18 Å². The summed E-state index contributed by atoms with van der Waals surface area (Å²) >= 11 is 5.54. The van der Waals surface area contributed by atoms with Crippen molar-refractivity contribution in [3.05, 3.63) is 27.5 Å². The molecule has 0 saturated heterocycles. The third-order valence-electron chi connectivity index (χ3n) is 1.73. The summed E-state index contributed by atoms with van der Waals surface area (Å²) in [5.41, 5.74) is -2.46. The van der Waals surface area contributed by atoms with Crippen molar-refractivity contribution in [1.82, 2.24) is 4.98 Å². The van der Waals surface area contributed by atoms with E-state index in [0.717, 1.165) is 0 Å². The SMILES string of the molecule is FC(F)c1c(C(F)(F)F)cc(CBr)nc1Br. The van der Waals surface area contributed by atoms with Gasteiger partial charge in [-0.05, 0) is 22.0 Å². The zero-order valence-corrected chi connectivity index (χ0v) is 10.6. The van der Waals surface area contributed by atoms with E-state index in [2.05, 4.69) is 36.8 Å². The summed E-state index contributed by atoms with van der Waals surface area (Å²) in [5, 5.41) is 0.0538. The standard InChI is InChI=1S/C8H4Br2F5N/c9-2-3-1-4(8(13,14)15)5(7(11)12)6(10)16-3/h1,7H,2H2. The fourth-order valence-corrected chi connectivity index (χ4v) is 1.99. The first-order valence-corrected chi connectivity index (χ1v) is 5.79. The van der Waals surface area contributed by atoms with Crippen LogP contribution in [0.3, 0.4) is 0 Å². The van der Waals surface area contributed by atoms with Gasteiger partial charge in [-0.3, -0.25) is 0 Å². The first kappa shape index (κ1) is 13.8. The van der Waals surface area contributed by atoms with Crippen LogP contribution in [0.4, 0.5) is 22.0 Å². The van der Waals surface area contributed by atoms with Crippen molar-refractivity contribution in [2.24, 2.45) is 0 Å². The number of aromatic nitrogens is 1. The summed E-state index contributed by atoms with van der Waals surface area (Å²) in [4.78, 5) is 3.58. The lowest BCUT2D eigenvalue weighted by molar-refractivity contribution is -0.139. The van der Waals surface area contributed by atoms with Crippen LogP contribution in [0.2, 0.25) is 0 Å². The van der Waals surface area contributed by atoms with Gasteiger partial charge in [-0.15, -0.1) is 0 Å². The molecule has 90 valence electrons. The van der Waals surface area contributed by atoms with Gasteiger partial charge in [0.25, 0.3) is 6.43 Å². The number of pyridine rings is 1. The van der Waals surface area contributed by atoms with Crippen LogP contribution >= 0.6 is 31.9 Å². The highest BCUT2D eigenvalue weighted by molar-refractivity contribution is 9.10. The Morgan fingerprint density at radius 2 is 1.88 bits per heavy atom. The van der Waals surface area contributed by atoms with E-state index in [4.69, 9.17) is 0 Å². The first-order chi connectivity index (χ1) is 7.27. The van der Waals surface area contributed by atoms with Crippen LogP contribution in [0.25, 0.3) is 0 Å². The average molecular weight is 369 g/mol. The fraction of sp³-hybridized carbons (Fsp3) is 0.375. The van der Waals surface area contributed by atoms with Crippen LogP contribution < -0.4 is 0 Å². The minimum atomic E-state index is -4.83. The second kappa shape index (κ2) is 4.95. The van der Waals surface area contributed by atoms with Crippen molar-refractivity contribution >= 4 is 31.9 Å². The van der Waals surface area contributed by atoms with Crippen molar-refractivity contribution in [3.8, 4) is 0 Å². The van der Waals surface area contributed by atoms with Crippen LogP contribution in [-0.2, 0) is 11.5 Å². The summed E-state index contributed by atoms with van der Waals surface area (Å²) in [6, 6.07) is 0.612. The molecule has 1 aromatic rings. The average Bonchev–Trinajstić information content (AvgIpc) is 2.14. The van der Waals surface area contributed by atoms with E-state index in [-0.39, 0.29) is 11.0 Å². The molecule has 16 heavy (non-hydrogen) atoms. The van der Waals surface area contributed by atoms with Gasteiger partial charge in [0.15, 0.2) is 0 Å². The van der Waals surface area contributed by atoms with E-state index >= 15 is 0 Å². The van der Waals surface area contributed by atoms with Crippen molar-refractivity contribution in [1.29, 1.82) is 0 Å². The Balaban J connectivity index is 3.47. The molecule has 1 aromatic heterocycles. The molecule has 8 heteroatoms. The molecule has 1 heterocycles. The smallest absolute Gasteiger partial charge is 0.245 e. The highest BCUT2D eigenvalue weighted by atomic mass is 79.9. The molecule has 0 spiro atoms. The Bertz CT molecular complexity index is 391. The lowest BCUT2D eigenvalue weighted by atomic mass is 10.1. The molecule has 0 fully saturated rings. The third-order valence-corrected chi connectivity index (χ3v) is 2.90. The van der Waals surface area contributed by atoms with E-state index in [0.29, 0.717) is 6.07 Å². The molecule has 0 amide bonds. The molecule has 1 rings (SSSR count). The number of hydrogen-bond donors (Lipinski definition) is 0. The predicted molar refractivity (Wildman–Crippen MR) is 54.5 cm³/mol. The molecule has 0 saturated carbocycles. The van der Waals surface area contributed by atoms with Gasteiger partial charge in [-0.1, -0.05) is 15.9 Å². The zero-order valence-electron chi connectivity index (χ0n) is 7.45. The monoisotopic (exact) mass is 367 g/mol. The Morgan fingerprint density at radius 3 is 2.25 bits per heavy atom. The molecule has 0 bridgehead atoms. The quantitative estimate of drug-likeness (QED) is 0.419. The van der Waals surface area contributed by atoms with Crippen LogP contribution in [0.15, 0.2) is 10.7 Å². The molecule has 0 aliphatic rings. The number of nitrogens with zero attached hydrogens (tertiary/aromatic N) is 1. The number of rotatable bonds is 2. The second-order valence-corrected chi connectivity index (χ2v) is 4.11. The largest absolute Gasteiger partial charge is 0.417 e. The highest BCUT2D eigenvalue weighted by Gasteiger charge is 2.37. The first-order valence-electron chi connectivity index (χ1n) is 3.88. The molecule has 0 aliphatic carbocycles. The third kappa shape index (κ3) is 2.91. The van der Waals surface area contributed by atoms with E-state index < -0.39 is 28.3 Å². The summed E-state index contributed by atoms with van der Waals surface area (Å²) in [6.45, 7) is 0. The van der Waals surface area contributed by atoms with E-state index in [1.807, 2.05) is 0 Å². The van der Waals surface area contributed by atoms with E-state index in [1.165, 1.54) is 0 Å². The Hall–Kier alpha value is -0.240. The molecule has 0 aliphatic heterocycles. The van der Waals surface area contributed by atoms with E-state index in [9.17, 15) is 22.0 Å². The molecule has 0 aromatic carbocycles. The van der Waals surface area contributed by atoms with Crippen molar-refractivity contribution in [3.63, 3.8) is 0 Å². The highest BCUT2D eigenvalue weighted by Crippen LogP contribution is 2.39. The van der Waals surface area contributed by atoms with Gasteiger partial charge in [0.05, 0.1) is 16.8 Å². The van der Waals surface area contributed by atoms with Crippen LogP contribution in [0, 0.1) is 0 Å². The number of halogens is 7. The van der Waals surface area contributed by atoms with Gasteiger partial charge < -0.3 is 0 Å². The molecule has 0 radical (unpaired) electrons. The van der Waals surface area contributed by atoms with Crippen LogP contribution in [0.5, 0.6) is 0 Å². The van der Waals surface area contributed by atoms with Crippen molar-refractivity contribution < 1.29 is 22.0 Å². The van der Waals surface area contributed by atoms with Gasteiger partial charge in [0, 0.05) is 5.33 Å². The fourth-order valence-electron chi connectivity index (χ4n) is 1.08. The normalized spacial score (nSPS) is 12.2. The topological polar surface area (TPSA) is 12.9 Å². The number of hydrogen-bond acceptors (Lipinski definition) is 1. The maximum Gasteiger partial charge on any atom is 0.417 e. The van der Waals surface area contributed by atoms with Gasteiger partial charge in [0.1, 0.15) is 4.60 Å². The molecule has 1 nitrogen and oxygen atoms in total. The van der Waals surface area contributed by atoms with Crippen LogP contribution in [-0.4, -0.2) is 4.98 Å². The summed E-state index contributed by atoms with van der Waals surface area (Å²) in [7, 11) is 0. The Kier molecular flexibility index (Phi) is 4.28. The molecule has 0 unspecified atom stereocenters. The maximum atomic E-state index is 12.5. The molecule has 0 N–H and O–H groups in total. The van der Waals surface area contributed by atoms with Crippen molar-refractivity contribution in [2.45, 2.75) is 17.9 Å². The Labute approximate surface area is 104 Å². The lowest BCUT2D eigenvalue weighted by Crippen LogP contribution is -2.12. The van der Waals surface area contributed by atoms with E-state index in [1.54, 1.807) is 0 Å². The molecule has 0 atom stereocenters. The van der Waals surface area contributed by atoms with Gasteiger partial charge in [-0.25, -0.2) is 13.8 Å². The van der Waals surface area contributed by atoms with Crippen molar-refractivity contribution in [2.75, 3.05) is 0 Å². The van der Waals surface area contributed by atoms with Crippen LogP contribution in [0.1, 0.15) is 23.2 Å². The second-order valence-electron chi connectivity index (χ2n) is 2.80. The molecular formula is C8H4Br2F5N. The summed E-state index contributed by atoms with van der Waals surface area (Å²) < 4.78 is 62.0. The summed E-state index contributed by atoms with van der Waals surface area (Å²) in [5.74, 6) is 0. The Morgan fingerprint density at radius 1 is 1.31 bits per heavy atom. The van der Waals surface area contributed by atoms with Gasteiger partial charge in [-0.2, -0.15) is 13.2 Å². The maximum absolute atomic E-state index is 12.5. The zero-order chi connectivity index (χ0) is 12.5. The number of alkyl halides is 6. The minimum absolute atomic E-state index is 0.0311. The lowest BCUT2D eigenvalue weighted by Gasteiger charge is -2.14. The minimum Gasteiger partial charge on any atom is -0.245 e. The van der Waals surface area contributed by atoms with Gasteiger partial charge in [0.2, 0.25) is 0 Å². The summed E-state index contributed by atoms with van der Waals surface area (Å²) in [6.07, 6.45) is -8.06.